The van der Waals surface area contributed by atoms with Gasteiger partial charge in [-0.1, -0.05) is 18.2 Å². The van der Waals surface area contributed by atoms with E-state index >= 15 is 0 Å². The molecule has 0 bridgehead atoms. The van der Waals surface area contributed by atoms with Crippen LogP contribution in [0.25, 0.3) is 10.9 Å². The maximum Gasteiger partial charge on any atom is 0.255 e. The summed E-state index contributed by atoms with van der Waals surface area (Å²) in [5.41, 5.74) is 4.75. The first kappa shape index (κ1) is 28.8. The Bertz CT molecular complexity index is 1780. The van der Waals surface area contributed by atoms with Gasteiger partial charge in [-0.05, 0) is 61.2 Å². The Labute approximate surface area is 253 Å². The van der Waals surface area contributed by atoms with E-state index in [9.17, 15) is 24.3 Å². The van der Waals surface area contributed by atoms with E-state index in [4.69, 9.17) is 0 Å². The highest BCUT2D eigenvalue weighted by Crippen LogP contribution is 2.36. The van der Waals surface area contributed by atoms with E-state index in [1.54, 1.807) is 36.8 Å². The highest BCUT2D eigenvalue weighted by atomic mass is 16.3. The van der Waals surface area contributed by atoms with Crippen molar-refractivity contribution in [1.82, 2.24) is 25.5 Å². The number of imide groups is 1. The number of carbonyl (C=O) groups excluding carboxylic acids is 4. The van der Waals surface area contributed by atoms with Crippen molar-refractivity contribution in [3.05, 3.63) is 94.9 Å². The number of fused-ring (bicyclic) bond motifs is 2. The number of phenols is 1. The Balaban J connectivity index is 1.11. The molecular formula is C33H32N6O5. The van der Waals surface area contributed by atoms with Gasteiger partial charge in [0.1, 0.15) is 17.3 Å². The molecule has 4 N–H and O–H groups in total. The van der Waals surface area contributed by atoms with E-state index in [-0.39, 0.29) is 42.9 Å². The zero-order chi connectivity index (χ0) is 30.8. The lowest BCUT2D eigenvalue weighted by Gasteiger charge is -2.29. The molecule has 4 amide bonds. The molecule has 11 nitrogen and oxygen atoms in total. The van der Waals surface area contributed by atoms with Crippen molar-refractivity contribution >= 4 is 40.2 Å². The third-order valence-corrected chi connectivity index (χ3v) is 8.21. The average molecular weight is 593 g/mol. The molecule has 2 aromatic carbocycles. The van der Waals surface area contributed by atoms with Crippen LogP contribution in [0.3, 0.4) is 0 Å². The summed E-state index contributed by atoms with van der Waals surface area (Å²) < 4.78 is 0. The molecule has 224 valence electrons. The first-order chi connectivity index (χ1) is 21.3. The predicted molar refractivity (Wildman–Crippen MR) is 163 cm³/mol. The van der Waals surface area contributed by atoms with Crippen molar-refractivity contribution in [3.8, 4) is 5.75 Å². The molecule has 2 aliphatic rings. The van der Waals surface area contributed by atoms with E-state index < -0.39 is 18.0 Å². The molecular weight excluding hydrogens is 560 g/mol. The number of pyridine rings is 2. The third kappa shape index (κ3) is 5.56. The Morgan fingerprint density at radius 3 is 2.77 bits per heavy atom. The summed E-state index contributed by atoms with van der Waals surface area (Å²) in [6.07, 6.45) is 6.16. The average Bonchev–Trinajstić information content (AvgIpc) is 3.37. The first-order valence-electron chi connectivity index (χ1n) is 14.6. The summed E-state index contributed by atoms with van der Waals surface area (Å²) in [5.74, 6) is -1.19. The zero-order valence-corrected chi connectivity index (χ0v) is 24.2. The monoisotopic (exact) mass is 592 g/mol. The smallest absolute Gasteiger partial charge is 0.255 e. The molecule has 2 unspecified atom stereocenters. The van der Waals surface area contributed by atoms with Gasteiger partial charge in [-0.15, -0.1) is 0 Å². The molecule has 6 rings (SSSR count). The molecule has 0 saturated carbocycles. The van der Waals surface area contributed by atoms with Gasteiger partial charge in [0.15, 0.2) is 0 Å². The van der Waals surface area contributed by atoms with Gasteiger partial charge < -0.3 is 20.6 Å². The fourth-order valence-corrected chi connectivity index (χ4v) is 5.99. The molecule has 2 aromatic heterocycles. The topological polar surface area (TPSA) is 154 Å². The van der Waals surface area contributed by atoms with Crippen molar-refractivity contribution in [3.63, 3.8) is 0 Å². The third-order valence-electron chi connectivity index (χ3n) is 8.21. The van der Waals surface area contributed by atoms with Gasteiger partial charge in [-0.25, -0.2) is 0 Å². The largest absolute Gasteiger partial charge is 0.505 e. The number of aryl methyl sites for hydroxylation is 1. The molecule has 0 aliphatic carbocycles. The molecule has 0 spiro atoms. The van der Waals surface area contributed by atoms with Crippen molar-refractivity contribution in [1.29, 1.82) is 0 Å². The Kier molecular flexibility index (Phi) is 7.93. The highest BCUT2D eigenvalue weighted by Gasteiger charge is 2.39. The zero-order valence-electron chi connectivity index (χ0n) is 24.2. The number of phenolic OH excluding ortho intramolecular Hbond substituents is 1. The molecule has 4 aromatic rings. The van der Waals surface area contributed by atoms with Gasteiger partial charge in [-0.3, -0.25) is 34.5 Å². The molecule has 2 atom stereocenters. The second kappa shape index (κ2) is 12.1. The van der Waals surface area contributed by atoms with Crippen LogP contribution in [-0.4, -0.2) is 56.2 Å². The molecule has 44 heavy (non-hydrogen) atoms. The number of aromatic hydroxyl groups is 1. The van der Waals surface area contributed by atoms with Crippen molar-refractivity contribution in [2.24, 2.45) is 0 Å². The Morgan fingerprint density at radius 1 is 1.14 bits per heavy atom. The van der Waals surface area contributed by atoms with E-state index in [0.717, 1.165) is 27.8 Å². The maximum absolute atomic E-state index is 13.2. The lowest BCUT2D eigenvalue weighted by atomic mass is 9.94. The Morgan fingerprint density at radius 2 is 1.98 bits per heavy atom. The second-order valence-corrected chi connectivity index (χ2v) is 11.1. The molecule has 4 heterocycles. The number of rotatable bonds is 9. The first-order valence-corrected chi connectivity index (χ1v) is 14.6. The minimum absolute atomic E-state index is 0.0147. The molecule has 11 heteroatoms. The van der Waals surface area contributed by atoms with E-state index in [1.807, 2.05) is 37.3 Å². The predicted octanol–water partition coefficient (Wildman–Crippen LogP) is 3.50. The maximum atomic E-state index is 13.2. The number of hydrogen-bond acceptors (Lipinski definition) is 8. The highest BCUT2D eigenvalue weighted by molar-refractivity contribution is 6.06. The van der Waals surface area contributed by atoms with Gasteiger partial charge >= 0.3 is 0 Å². The quantitative estimate of drug-likeness (QED) is 0.170. The lowest BCUT2D eigenvalue weighted by Crippen LogP contribution is -2.52. The van der Waals surface area contributed by atoms with E-state index in [2.05, 4.69) is 25.9 Å². The number of hydrogen-bond donors (Lipinski definition) is 4. The normalized spacial score (nSPS) is 16.9. The van der Waals surface area contributed by atoms with Crippen molar-refractivity contribution in [2.75, 3.05) is 11.9 Å². The number of piperidine rings is 1. The van der Waals surface area contributed by atoms with Gasteiger partial charge in [0, 0.05) is 72.3 Å². The SMILES string of the molecule is Cc1cc(C(NC(=O)CCCNc2cccc3c2CN(C2CCC(=O)NC2=O)C3=O)c2cccnc2)c(O)c2ncccc12. The fourth-order valence-electron chi connectivity index (χ4n) is 5.99. The van der Waals surface area contributed by atoms with Crippen LogP contribution >= 0.6 is 0 Å². The summed E-state index contributed by atoms with van der Waals surface area (Å²) in [7, 11) is 0. The lowest BCUT2D eigenvalue weighted by molar-refractivity contribution is -0.137. The van der Waals surface area contributed by atoms with Crippen molar-refractivity contribution < 1.29 is 24.3 Å². The second-order valence-electron chi connectivity index (χ2n) is 11.1. The number of nitrogens with one attached hydrogen (secondary N) is 3. The molecule has 1 saturated heterocycles. The van der Waals surface area contributed by atoms with Gasteiger partial charge in [0.05, 0.1) is 6.04 Å². The number of carbonyl (C=O) groups is 4. The number of aromatic nitrogens is 2. The fraction of sp³-hybridized carbons (Fsp3) is 0.273. The van der Waals surface area contributed by atoms with Crippen LogP contribution in [0.5, 0.6) is 5.75 Å². The van der Waals surface area contributed by atoms with Crippen LogP contribution in [0.2, 0.25) is 0 Å². The summed E-state index contributed by atoms with van der Waals surface area (Å²) in [5, 5.41) is 20.7. The standard InChI is InChI=1S/C33H32N6O5/c1-19-16-23(31(42)30-21(19)8-4-15-36-30)29(20-6-3-13-34-17-20)37-27(40)10-5-14-35-25-9-2-7-22-24(25)18-39(33(22)44)26-11-12-28(41)38-32(26)43/h2-4,6-9,13,15-17,26,29,35,42H,5,10-12,14,18H2,1H3,(H,37,40)(H,38,41,43). The van der Waals surface area contributed by atoms with E-state index in [0.29, 0.717) is 36.0 Å². The van der Waals surface area contributed by atoms with Gasteiger partial charge in [-0.2, -0.15) is 0 Å². The van der Waals surface area contributed by atoms with E-state index in [1.165, 1.54) is 4.90 Å². The van der Waals surface area contributed by atoms with Gasteiger partial charge in [0.2, 0.25) is 17.7 Å². The molecule has 0 radical (unpaired) electrons. The summed E-state index contributed by atoms with van der Waals surface area (Å²) in [4.78, 5) is 60.4. The molecule has 1 fully saturated rings. The van der Waals surface area contributed by atoms with Gasteiger partial charge in [0.25, 0.3) is 5.91 Å². The minimum Gasteiger partial charge on any atom is -0.505 e. The number of anilines is 1. The van der Waals surface area contributed by atoms with Crippen LogP contribution in [0.1, 0.15) is 64.3 Å². The summed E-state index contributed by atoms with van der Waals surface area (Å²) in [6, 6.07) is 13.3. The van der Waals surface area contributed by atoms with Crippen LogP contribution < -0.4 is 16.0 Å². The number of benzene rings is 2. The van der Waals surface area contributed by atoms with Crippen LogP contribution in [0, 0.1) is 6.92 Å². The van der Waals surface area contributed by atoms with Crippen LogP contribution in [0.15, 0.2) is 67.1 Å². The summed E-state index contributed by atoms with van der Waals surface area (Å²) >= 11 is 0. The summed E-state index contributed by atoms with van der Waals surface area (Å²) in [6.45, 7) is 2.68. The van der Waals surface area contributed by atoms with Crippen LogP contribution in [0.4, 0.5) is 5.69 Å². The van der Waals surface area contributed by atoms with Crippen molar-refractivity contribution in [2.45, 2.75) is 51.2 Å². The number of nitrogens with zero attached hydrogens (tertiary/aromatic N) is 3. The van der Waals surface area contributed by atoms with Crippen LogP contribution in [-0.2, 0) is 20.9 Å². The molecule has 2 aliphatic heterocycles. The minimum atomic E-state index is -0.682. The number of amides is 4. The Hall–Kier alpha value is -5.32.